The predicted octanol–water partition coefficient (Wildman–Crippen LogP) is 2.95. The Labute approximate surface area is 163 Å². The summed E-state index contributed by atoms with van der Waals surface area (Å²) in [5.74, 6) is -0.762. The molecule has 0 radical (unpaired) electrons. The molecule has 2 aromatic carbocycles. The minimum absolute atomic E-state index is 0.00981. The van der Waals surface area contributed by atoms with Gasteiger partial charge in [0.2, 0.25) is 0 Å². The molecule has 3 N–H and O–H groups in total. The maximum absolute atomic E-state index is 12.5. The van der Waals surface area contributed by atoms with Crippen LogP contribution in [0.1, 0.15) is 20.7 Å². The summed E-state index contributed by atoms with van der Waals surface area (Å²) in [4.78, 5) is 28.3. The first kappa shape index (κ1) is 18.0. The Morgan fingerprint density at radius 1 is 0.885 bits per heavy atom. The highest BCUT2D eigenvalue weighted by molar-refractivity contribution is 9.10. The third-order valence-corrected chi connectivity index (χ3v) is 4.47. The number of hydrazine groups is 1. The first-order valence-corrected chi connectivity index (χ1v) is 8.75. The molecule has 0 aliphatic rings. The number of halogens is 1. The number of fused-ring (bicyclic) bond motifs is 1. The molecule has 0 saturated carbocycles. The lowest BCUT2D eigenvalue weighted by molar-refractivity contribution is 0.0935. The largest absolute Gasteiger partial charge is 0.298 e. The second kappa shape index (κ2) is 8.03. The van der Waals surface area contributed by atoms with E-state index in [-0.39, 0.29) is 11.0 Å². The van der Waals surface area contributed by atoms with Crippen molar-refractivity contribution < 1.29 is 9.59 Å². The average Bonchev–Trinajstić information content (AvgIpc) is 2.66. The molecule has 6 nitrogen and oxygen atoms in total. The van der Waals surface area contributed by atoms with E-state index in [2.05, 4.69) is 37.1 Å². The van der Waals surface area contributed by atoms with Crippen LogP contribution in [-0.2, 0) is 0 Å². The van der Waals surface area contributed by atoms with Gasteiger partial charge in [0.05, 0.1) is 0 Å². The molecule has 0 unspecified atom stereocenters. The molecule has 0 aliphatic heterocycles. The molecule has 3 aromatic rings. The third kappa shape index (κ3) is 4.04. The van der Waals surface area contributed by atoms with Crippen LogP contribution in [0.5, 0.6) is 0 Å². The fourth-order valence-corrected chi connectivity index (χ4v) is 3.00. The Kier molecular flexibility index (Phi) is 5.55. The number of hydrogen-bond acceptors (Lipinski definition) is 4. The molecule has 1 heterocycles. The molecule has 26 heavy (non-hydrogen) atoms. The SMILES string of the molecule is O=C(NNC(=S)NC(=O)c1cccc2c(Br)cccc12)c1ccncc1. The number of benzene rings is 2. The molecule has 0 atom stereocenters. The van der Waals surface area contributed by atoms with Crippen LogP contribution < -0.4 is 16.2 Å². The van der Waals surface area contributed by atoms with Gasteiger partial charge in [-0.3, -0.25) is 30.7 Å². The van der Waals surface area contributed by atoms with Crippen LogP contribution in [0.4, 0.5) is 0 Å². The molecule has 0 spiro atoms. The number of amides is 2. The van der Waals surface area contributed by atoms with Crippen molar-refractivity contribution in [1.82, 2.24) is 21.2 Å². The molecule has 130 valence electrons. The van der Waals surface area contributed by atoms with Crippen molar-refractivity contribution in [2.24, 2.45) is 0 Å². The molecule has 2 amide bonds. The third-order valence-electron chi connectivity index (χ3n) is 3.57. The van der Waals surface area contributed by atoms with Crippen molar-refractivity contribution in [3.05, 3.63) is 76.5 Å². The van der Waals surface area contributed by atoms with Gasteiger partial charge in [0, 0.05) is 28.0 Å². The summed E-state index contributed by atoms with van der Waals surface area (Å²) in [6.45, 7) is 0. The van der Waals surface area contributed by atoms with Crippen LogP contribution in [0.3, 0.4) is 0 Å². The van der Waals surface area contributed by atoms with E-state index in [1.165, 1.54) is 12.4 Å². The lowest BCUT2D eigenvalue weighted by Crippen LogP contribution is -2.48. The Hall–Kier alpha value is -2.84. The minimum atomic E-state index is -0.391. The second-order valence-corrected chi connectivity index (χ2v) is 6.50. The lowest BCUT2D eigenvalue weighted by atomic mass is 10.0. The van der Waals surface area contributed by atoms with Crippen molar-refractivity contribution >= 4 is 55.8 Å². The van der Waals surface area contributed by atoms with Crippen LogP contribution in [0, 0.1) is 0 Å². The summed E-state index contributed by atoms with van der Waals surface area (Å²) < 4.78 is 0.898. The summed E-state index contributed by atoms with van der Waals surface area (Å²) >= 11 is 8.54. The Morgan fingerprint density at radius 3 is 2.35 bits per heavy atom. The van der Waals surface area contributed by atoms with Gasteiger partial charge >= 0.3 is 0 Å². The topological polar surface area (TPSA) is 83.1 Å². The molecule has 1 aromatic heterocycles. The van der Waals surface area contributed by atoms with Crippen molar-refractivity contribution in [2.75, 3.05) is 0 Å². The summed E-state index contributed by atoms with van der Waals surface area (Å²) in [5.41, 5.74) is 5.83. The molecule has 0 aliphatic carbocycles. The van der Waals surface area contributed by atoms with E-state index in [4.69, 9.17) is 12.2 Å². The Balaban J connectivity index is 1.66. The molecule has 0 saturated heterocycles. The van der Waals surface area contributed by atoms with Gasteiger partial charge in [-0.15, -0.1) is 0 Å². The zero-order valence-electron chi connectivity index (χ0n) is 13.3. The maximum Gasteiger partial charge on any atom is 0.269 e. The molecular formula is C18H13BrN4O2S. The lowest BCUT2D eigenvalue weighted by Gasteiger charge is -2.12. The second-order valence-electron chi connectivity index (χ2n) is 5.24. The van der Waals surface area contributed by atoms with Crippen molar-refractivity contribution in [3.8, 4) is 0 Å². The molecule has 0 fully saturated rings. The number of nitrogens with one attached hydrogen (secondary N) is 3. The van der Waals surface area contributed by atoms with E-state index in [9.17, 15) is 9.59 Å². The van der Waals surface area contributed by atoms with Crippen LogP contribution in [0.25, 0.3) is 10.8 Å². The van der Waals surface area contributed by atoms with Gasteiger partial charge in [0.25, 0.3) is 11.8 Å². The monoisotopic (exact) mass is 428 g/mol. The summed E-state index contributed by atoms with van der Waals surface area (Å²) in [7, 11) is 0. The fraction of sp³-hybridized carbons (Fsp3) is 0. The van der Waals surface area contributed by atoms with Crippen LogP contribution in [0.15, 0.2) is 65.4 Å². The van der Waals surface area contributed by atoms with E-state index in [0.717, 1.165) is 15.2 Å². The van der Waals surface area contributed by atoms with E-state index in [0.29, 0.717) is 11.1 Å². The van der Waals surface area contributed by atoms with E-state index >= 15 is 0 Å². The maximum atomic E-state index is 12.5. The van der Waals surface area contributed by atoms with Gasteiger partial charge in [-0.1, -0.05) is 40.2 Å². The number of carbonyl (C=O) groups is 2. The summed E-state index contributed by atoms with van der Waals surface area (Å²) in [5, 5.41) is 4.26. The van der Waals surface area contributed by atoms with Crippen molar-refractivity contribution in [2.45, 2.75) is 0 Å². The van der Waals surface area contributed by atoms with Crippen LogP contribution in [-0.4, -0.2) is 21.9 Å². The van der Waals surface area contributed by atoms with E-state index < -0.39 is 5.91 Å². The predicted molar refractivity (Wildman–Crippen MR) is 107 cm³/mol. The zero-order chi connectivity index (χ0) is 18.5. The molecule has 3 rings (SSSR count). The van der Waals surface area contributed by atoms with Gasteiger partial charge in [-0.2, -0.15) is 0 Å². The first-order valence-electron chi connectivity index (χ1n) is 7.55. The van der Waals surface area contributed by atoms with Crippen molar-refractivity contribution in [1.29, 1.82) is 0 Å². The van der Waals surface area contributed by atoms with E-state index in [1.54, 1.807) is 24.3 Å². The van der Waals surface area contributed by atoms with Gasteiger partial charge in [-0.05, 0) is 47.3 Å². The number of hydrogen-bond donors (Lipinski definition) is 3. The highest BCUT2D eigenvalue weighted by Crippen LogP contribution is 2.26. The Bertz CT molecular complexity index is 995. The number of aromatic nitrogens is 1. The van der Waals surface area contributed by atoms with E-state index in [1.807, 2.05) is 24.3 Å². The van der Waals surface area contributed by atoms with Gasteiger partial charge in [0.15, 0.2) is 5.11 Å². The zero-order valence-corrected chi connectivity index (χ0v) is 15.7. The Morgan fingerprint density at radius 2 is 1.58 bits per heavy atom. The van der Waals surface area contributed by atoms with Crippen LogP contribution in [0.2, 0.25) is 0 Å². The summed E-state index contributed by atoms with van der Waals surface area (Å²) in [6.07, 6.45) is 3.02. The fourth-order valence-electron chi connectivity index (χ4n) is 2.36. The highest BCUT2D eigenvalue weighted by atomic mass is 79.9. The summed E-state index contributed by atoms with van der Waals surface area (Å²) in [6, 6.07) is 14.2. The number of pyridine rings is 1. The average molecular weight is 429 g/mol. The highest BCUT2D eigenvalue weighted by Gasteiger charge is 2.13. The standard InChI is InChI=1S/C18H13BrN4O2S/c19-15-6-2-3-12-13(15)4-1-5-14(12)17(25)21-18(26)23-22-16(24)11-7-9-20-10-8-11/h1-10H,(H,22,24)(H2,21,23,25,26). The number of thiocarbonyl (C=S) groups is 1. The van der Waals surface area contributed by atoms with Gasteiger partial charge < -0.3 is 0 Å². The minimum Gasteiger partial charge on any atom is -0.298 e. The first-order chi connectivity index (χ1) is 12.6. The van der Waals surface area contributed by atoms with Crippen LogP contribution >= 0.6 is 28.1 Å². The molecule has 8 heteroatoms. The van der Waals surface area contributed by atoms with Gasteiger partial charge in [0.1, 0.15) is 0 Å². The molecular weight excluding hydrogens is 416 g/mol. The van der Waals surface area contributed by atoms with Crippen molar-refractivity contribution in [3.63, 3.8) is 0 Å². The smallest absolute Gasteiger partial charge is 0.269 e. The number of carbonyl (C=O) groups excluding carboxylic acids is 2. The molecule has 0 bridgehead atoms. The van der Waals surface area contributed by atoms with Gasteiger partial charge in [-0.25, -0.2) is 0 Å². The quantitative estimate of drug-likeness (QED) is 0.431. The number of rotatable bonds is 2. The number of nitrogens with zero attached hydrogens (tertiary/aromatic N) is 1. The normalized spacial score (nSPS) is 10.2.